The number of allylic oxidation sites excluding steroid dienone is 2. The van der Waals surface area contributed by atoms with E-state index in [4.69, 9.17) is 9.47 Å². The number of ether oxygens (including phenoxy) is 2. The van der Waals surface area contributed by atoms with Crippen LogP contribution < -0.4 is 0 Å². The summed E-state index contributed by atoms with van der Waals surface area (Å²) in [5, 5.41) is 21.6. The third-order valence-corrected chi connectivity index (χ3v) is 16.2. The Kier molecular flexibility index (Phi) is 13.6. The highest BCUT2D eigenvalue weighted by Crippen LogP contribution is 2.73. The smallest absolute Gasteiger partial charge is 0.306 e. The predicted octanol–water partition coefficient (Wildman–Crippen LogP) is 11.5. The first-order valence-corrected chi connectivity index (χ1v) is 22.0. The van der Waals surface area contributed by atoms with Crippen LogP contribution in [0.25, 0.3) is 0 Å². The first kappa shape index (κ1) is 41.3. The molecule has 2 N–H and O–H groups in total. The number of esters is 1. The second kappa shape index (κ2) is 16.8. The van der Waals surface area contributed by atoms with Gasteiger partial charge in [0.25, 0.3) is 0 Å². The number of hydrogen-bond donors (Lipinski definition) is 2. The summed E-state index contributed by atoms with van der Waals surface area (Å²) in [6, 6.07) is 0. The van der Waals surface area contributed by atoms with Gasteiger partial charge in [0.2, 0.25) is 0 Å². The number of hydrogen-bond acceptors (Lipinski definition) is 5. The summed E-state index contributed by atoms with van der Waals surface area (Å²) in [5.74, 6) is 1.97. The van der Waals surface area contributed by atoms with Crippen LogP contribution in [-0.2, 0) is 14.3 Å². The first-order chi connectivity index (χ1) is 24.1. The van der Waals surface area contributed by atoms with Crippen LogP contribution in [0.4, 0.5) is 0 Å². The molecule has 51 heavy (non-hydrogen) atoms. The van der Waals surface area contributed by atoms with Gasteiger partial charge in [0.05, 0.1) is 18.3 Å². The van der Waals surface area contributed by atoms with Crippen LogP contribution in [0.1, 0.15) is 197 Å². The molecule has 1 aliphatic heterocycles. The molecule has 10 atom stereocenters. The van der Waals surface area contributed by atoms with Crippen molar-refractivity contribution >= 4 is 5.97 Å². The second-order valence-electron chi connectivity index (χ2n) is 20.2. The van der Waals surface area contributed by atoms with Crippen LogP contribution in [0.15, 0.2) is 11.6 Å². The molecule has 0 aromatic heterocycles. The molecular formula is C46H80O5. The molecular weight excluding hydrogens is 633 g/mol. The molecule has 4 fully saturated rings. The fraction of sp³-hybridized carbons (Fsp3) is 0.935. The Morgan fingerprint density at radius 3 is 2.06 bits per heavy atom. The summed E-state index contributed by atoms with van der Waals surface area (Å²) in [6.45, 7) is 18.9. The fourth-order valence-corrected chi connectivity index (χ4v) is 13.0. The van der Waals surface area contributed by atoms with Gasteiger partial charge in [-0.2, -0.15) is 0 Å². The van der Waals surface area contributed by atoms with E-state index in [1.54, 1.807) is 19.4 Å². The van der Waals surface area contributed by atoms with Crippen molar-refractivity contribution in [3.63, 3.8) is 0 Å². The summed E-state index contributed by atoms with van der Waals surface area (Å²) in [7, 11) is 0. The Balaban J connectivity index is 1.11. The molecule has 5 rings (SSSR count). The van der Waals surface area contributed by atoms with Gasteiger partial charge in [-0.05, 0) is 112 Å². The Labute approximate surface area is 313 Å². The average Bonchev–Trinajstić information content (AvgIpc) is 3.35. The highest BCUT2D eigenvalue weighted by Gasteiger charge is 2.66. The van der Waals surface area contributed by atoms with Crippen LogP contribution in [0.5, 0.6) is 0 Å². The van der Waals surface area contributed by atoms with Crippen molar-refractivity contribution < 1.29 is 24.5 Å². The molecule has 1 heterocycles. The van der Waals surface area contributed by atoms with Crippen molar-refractivity contribution in [1.82, 2.24) is 0 Å². The van der Waals surface area contributed by atoms with E-state index in [2.05, 4.69) is 47.6 Å². The van der Waals surface area contributed by atoms with Gasteiger partial charge in [-0.3, -0.25) is 4.79 Å². The largest absolute Gasteiger partial charge is 0.462 e. The Morgan fingerprint density at radius 2 is 1.47 bits per heavy atom. The standard InChI is InChI=1S/C46H80O5/c1-9-10-11-12-13-14-15-16-17-18-19-20-21-22-40(48)51-39-27-28-44(6)35-26-30-45(7)34(33-31-37(47)41(50-32-33)43(4,5)49)25-29-46(45,8)36(35)23-24-38(44)42(39,2)3/h23,33-35,37-39,41,47,49H,9-22,24-32H2,1-8H3/t33?,34-,35-,37+,38?,39-,41+,44+,45-,46+/m0/s1. The van der Waals surface area contributed by atoms with Gasteiger partial charge in [-0.25, -0.2) is 0 Å². The van der Waals surface area contributed by atoms with Crippen LogP contribution in [0.2, 0.25) is 0 Å². The van der Waals surface area contributed by atoms with Gasteiger partial charge in [-0.15, -0.1) is 0 Å². The Bertz CT molecular complexity index is 1170. The minimum absolute atomic E-state index is 0.00533. The zero-order valence-corrected chi connectivity index (χ0v) is 34.5. The van der Waals surface area contributed by atoms with E-state index in [0.717, 1.165) is 38.5 Å². The topological polar surface area (TPSA) is 76.0 Å². The van der Waals surface area contributed by atoms with Crippen LogP contribution in [0, 0.1) is 45.3 Å². The summed E-state index contributed by atoms with van der Waals surface area (Å²) in [6.07, 6.45) is 28.0. The zero-order valence-electron chi connectivity index (χ0n) is 34.5. The molecule has 0 aromatic carbocycles. The third-order valence-electron chi connectivity index (χ3n) is 16.2. The Morgan fingerprint density at radius 1 is 0.863 bits per heavy atom. The first-order valence-electron chi connectivity index (χ1n) is 22.0. The molecule has 5 aliphatic rings. The van der Waals surface area contributed by atoms with Crippen LogP contribution in [-0.4, -0.2) is 46.7 Å². The van der Waals surface area contributed by atoms with Crippen LogP contribution in [0.3, 0.4) is 0 Å². The van der Waals surface area contributed by atoms with Crippen molar-refractivity contribution in [1.29, 1.82) is 0 Å². The maximum Gasteiger partial charge on any atom is 0.306 e. The molecule has 0 radical (unpaired) electrons. The normalized spacial score (nSPS) is 39.1. The highest BCUT2D eigenvalue weighted by molar-refractivity contribution is 5.69. The molecule has 0 aromatic rings. The summed E-state index contributed by atoms with van der Waals surface area (Å²) in [5.41, 5.74) is 1.20. The number of aliphatic hydroxyl groups is 2. The second-order valence-corrected chi connectivity index (χ2v) is 20.2. The van der Waals surface area contributed by atoms with Gasteiger partial charge in [-0.1, -0.05) is 130 Å². The monoisotopic (exact) mass is 713 g/mol. The van der Waals surface area contributed by atoms with Crippen molar-refractivity contribution in [2.75, 3.05) is 6.61 Å². The van der Waals surface area contributed by atoms with Gasteiger partial charge in [0.1, 0.15) is 12.2 Å². The van der Waals surface area contributed by atoms with Crippen molar-refractivity contribution in [3.8, 4) is 0 Å². The maximum atomic E-state index is 13.1. The molecule has 2 unspecified atom stereocenters. The Hall–Kier alpha value is -0.910. The van der Waals surface area contributed by atoms with Gasteiger partial charge in [0.15, 0.2) is 0 Å². The van der Waals surface area contributed by atoms with E-state index in [1.807, 2.05) is 0 Å². The van der Waals surface area contributed by atoms with E-state index in [-0.39, 0.29) is 33.7 Å². The summed E-state index contributed by atoms with van der Waals surface area (Å²) >= 11 is 0. The average molecular weight is 713 g/mol. The minimum Gasteiger partial charge on any atom is -0.462 e. The van der Waals surface area contributed by atoms with Gasteiger partial charge in [0, 0.05) is 11.8 Å². The number of aliphatic hydroxyl groups excluding tert-OH is 1. The minimum atomic E-state index is -1.04. The SMILES string of the molecule is CCCCCCCCCCCCCCCC(=O)O[C@H]1CC[C@@]2(C)C(CC=C3[C@@H]2CC[C@@]2(C)[C@H](C4CO[C@@H](C(C)(C)O)[C@H](O)C4)CC[C@]32C)C1(C)C. The van der Waals surface area contributed by atoms with Crippen molar-refractivity contribution in [3.05, 3.63) is 11.6 Å². The third kappa shape index (κ3) is 8.51. The van der Waals surface area contributed by atoms with Crippen molar-refractivity contribution in [2.24, 2.45) is 45.3 Å². The molecule has 3 saturated carbocycles. The molecule has 5 nitrogen and oxygen atoms in total. The molecule has 0 amide bonds. The van der Waals surface area contributed by atoms with Gasteiger partial charge < -0.3 is 19.7 Å². The summed E-state index contributed by atoms with van der Waals surface area (Å²) in [4.78, 5) is 13.1. The van der Waals surface area contributed by atoms with E-state index in [9.17, 15) is 15.0 Å². The zero-order chi connectivity index (χ0) is 37.1. The van der Waals surface area contributed by atoms with Crippen LogP contribution >= 0.6 is 0 Å². The maximum absolute atomic E-state index is 13.1. The van der Waals surface area contributed by atoms with Crippen molar-refractivity contribution in [2.45, 2.75) is 221 Å². The molecule has 294 valence electrons. The van der Waals surface area contributed by atoms with E-state index in [0.29, 0.717) is 36.7 Å². The number of fused-ring (bicyclic) bond motifs is 5. The highest BCUT2D eigenvalue weighted by atomic mass is 16.5. The number of carbonyl (C=O) groups is 1. The number of unbranched alkanes of at least 4 members (excludes halogenated alkanes) is 12. The molecule has 5 heteroatoms. The van der Waals surface area contributed by atoms with E-state index >= 15 is 0 Å². The van der Waals surface area contributed by atoms with E-state index in [1.165, 1.54) is 96.3 Å². The number of rotatable bonds is 17. The quantitative estimate of drug-likeness (QED) is 0.0892. The lowest BCUT2D eigenvalue weighted by Crippen LogP contribution is -2.59. The lowest BCUT2D eigenvalue weighted by atomic mass is 9.41. The van der Waals surface area contributed by atoms with Gasteiger partial charge >= 0.3 is 5.97 Å². The molecule has 1 saturated heterocycles. The van der Waals surface area contributed by atoms with E-state index < -0.39 is 17.8 Å². The predicted molar refractivity (Wildman–Crippen MR) is 209 cm³/mol. The molecule has 0 spiro atoms. The summed E-state index contributed by atoms with van der Waals surface area (Å²) < 4.78 is 12.6. The molecule has 0 bridgehead atoms. The number of carbonyl (C=O) groups excluding carboxylic acids is 1. The lowest BCUT2D eigenvalue weighted by Gasteiger charge is -2.64. The lowest BCUT2D eigenvalue weighted by molar-refractivity contribution is -0.189. The molecule has 4 aliphatic carbocycles. The fourth-order valence-electron chi connectivity index (χ4n) is 13.0.